The molecular weight excluding hydrogens is 334 g/mol. The topological polar surface area (TPSA) is 111 Å². The molecular formula is C12H10ClN3O5S. The van der Waals surface area contributed by atoms with E-state index in [0.717, 1.165) is 12.1 Å². The van der Waals surface area contributed by atoms with Gasteiger partial charge in [-0.05, 0) is 24.3 Å². The third kappa shape index (κ3) is 3.26. The molecule has 2 rings (SSSR count). The van der Waals surface area contributed by atoms with Gasteiger partial charge in [-0.2, -0.15) is 0 Å². The van der Waals surface area contributed by atoms with Crippen LogP contribution < -0.4 is 9.46 Å². The van der Waals surface area contributed by atoms with Crippen molar-refractivity contribution >= 4 is 33.0 Å². The van der Waals surface area contributed by atoms with E-state index in [0.29, 0.717) is 0 Å². The Balaban J connectivity index is 2.50. The average molecular weight is 344 g/mol. The van der Waals surface area contributed by atoms with Crippen LogP contribution in [0.4, 0.5) is 11.4 Å². The van der Waals surface area contributed by atoms with Crippen LogP contribution in [0.25, 0.3) is 0 Å². The number of methoxy groups -OCH3 is 1. The molecule has 0 atom stereocenters. The summed E-state index contributed by atoms with van der Waals surface area (Å²) in [5, 5.41) is 11.0. The molecule has 0 amide bonds. The molecule has 0 bridgehead atoms. The number of rotatable bonds is 5. The van der Waals surface area contributed by atoms with E-state index in [9.17, 15) is 18.5 Å². The number of hydrogen-bond donors (Lipinski definition) is 1. The molecule has 8 nitrogen and oxygen atoms in total. The molecule has 1 N–H and O–H groups in total. The lowest BCUT2D eigenvalue weighted by Crippen LogP contribution is -2.15. The predicted octanol–water partition coefficient (Wildman–Crippen LogP) is 2.45. The summed E-state index contributed by atoms with van der Waals surface area (Å²) in [6.45, 7) is 0. The lowest BCUT2D eigenvalue weighted by Gasteiger charge is -2.10. The zero-order valence-corrected chi connectivity index (χ0v) is 12.8. The smallest absolute Gasteiger partial charge is 0.293 e. The first-order chi connectivity index (χ1) is 10.3. The van der Waals surface area contributed by atoms with Crippen LogP contribution >= 0.6 is 11.6 Å². The number of halogens is 1. The van der Waals surface area contributed by atoms with E-state index in [-0.39, 0.29) is 16.6 Å². The maximum atomic E-state index is 12.3. The van der Waals surface area contributed by atoms with Crippen molar-refractivity contribution in [1.82, 2.24) is 4.98 Å². The number of benzene rings is 1. The molecule has 0 radical (unpaired) electrons. The van der Waals surface area contributed by atoms with Gasteiger partial charge in [0.2, 0.25) is 0 Å². The molecule has 0 unspecified atom stereocenters. The SMILES string of the molecule is COc1ccc(S(=O)(=O)Nc2cccnc2Cl)c([N+](=O)[O-])c1. The first-order valence-electron chi connectivity index (χ1n) is 5.81. The van der Waals surface area contributed by atoms with E-state index >= 15 is 0 Å². The van der Waals surface area contributed by atoms with Crippen molar-refractivity contribution in [3.8, 4) is 5.75 Å². The Bertz CT molecular complexity index is 825. The first kappa shape index (κ1) is 16.0. The Kier molecular flexibility index (Phi) is 4.48. The van der Waals surface area contributed by atoms with Crippen molar-refractivity contribution < 1.29 is 18.1 Å². The van der Waals surface area contributed by atoms with Crippen LogP contribution in [-0.4, -0.2) is 25.4 Å². The predicted molar refractivity (Wildman–Crippen MR) is 79.7 cm³/mol. The number of hydrogen-bond acceptors (Lipinski definition) is 6. The third-order valence-electron chi connectivity index (χ3n) is 2.66. The molecule has 0 fully saturated rings. The van der Waals surface area contributed by atoms with Gasteiger partial charge < -0.3 is 4.74 Å². The lowest BCUT2D eigenvalue weighted by molar-refractivity contribution is -0.387. The van der Waals surface area contributed by atoms with Crippen LogP contribution in [0.3, 0.4) is 0 Å². The molecule has 0 saturated carbocycles. The van der Waals surface area contributed by atoms with Gasteiger partial charge in [-0.1, -0.05) is 11.6 Å². The molecule has 1 heterocycles. The molecule has 10 heteroatoms. The second-order valence-corrected chi connectivity index (χ2v) is 6.05. The van der Waals surface area contributed by atoms with E-state index < -0.39 is 25.5 Å². The maximum Gasteiger partial charge on any atom is 0.293 e. The van der Waals surface area contributed by atoms with Gasteiger partial charge in [-0.25, -0.2) is 13.4 Å². The van der Waals surface area contributed by atoms with Gasteiger partial charge in [0.15, 0.2) is 10.0 Å². The van der Waals surface area contributed by atoms with E-state index in [4.69, 9.17) is 16.3 Å². The summed E-state index contributed by atoms with van der Waals surface area (Å²) >= 11 is 5.78. The van der Waals surface area contributed by atoms with Gasteiger partial charge >= 0.3 is 0 Å². The van der Waals surface area contributed by atoms with Crippen molar-refractivity contribution in [2.45, 2.75) is 4.90 Å². The normalized spacial score (nSPS) is 11.0. The van der Waals surface area contributed by atoms with Gasteiger partial charge in [-0.3, -0.25) is 14.8 Å². The molecule has 0 aliphatic heterocycles. The van der Waals surface area contributed by atoms with Crippen LogP contribution in [0.15, 0.2) is 41.4 Å². The fraction of sp³-hybridized carbons (Fsp3) is 0.0833. The number of nitrogens with one attached hydrogen (secondary N) is 1. The Morgan fingerprint density at radius 2 is 2.09 bits per heavy atom. The van der Waals surface area contributed by atoms with Crippen LogP contribution in [-0.2, 0) is 10.0 Å². The summed E-state index contributed by atoms with van der Waals surface area (Å²) in [6.07, 6.45) is 1.38. The van der Waals surface area contributed by atoms with E-state index in [1.165, 1.54) is 31.5 Å². The number of aromatic nitrogens is 1. The maximum absolute atomic E-state index is 12.3. The highest BCUT2D eigenvalue weighted by Crippen LogP contribution is 2.30. The number of nitro groups is 1. The minimum atomic E-state index is -4.21. The largest absolute Gasteiger partial charge is 0.497 e. The summed E-state index contributed by atoms with van der Waals surface area (Å²) in [5.41, 5.74) is -0.582. The molecule has 116 valence electrons. The van der Waals surface area contributed by atoms with Gasteiger partial charge in [0.25, 0.3) is 15.7 Å². The van der Waals surface area contributed by atoms with Gasteiger partial charge in [0.1, 0.15) is 5.75 Å². The number of anilines is 1. The Morgan fingerprint density at radius 1 is 1.36 bits per heavy atom. The second-order valence-electron chi connectivity index (χ2n) is 4.04. The van der Waals surface area contributed by atoms with E-state index in [1.807, 2.05) is 0 Å². The summed E-state index contributed by atoms with van der Waals surface area (Å²) in [5.74, 6) is 0.171. The molecule has 2 aromatic rings. The highest BCUT2D eigenvalue weighted by atomic mass is 35.5. The minimum Gasteiger partial charge on any atom is -0.497 e. The second kappa shape index (κ2) is 6.16. The fourth-order valence-corrected chi connectivity index (χ4v) is 3.10. The average Bonchev–Trinajstić information content (AvgIpc) is 2.48. The van der Waals surface area contributed by atoms with Crippen molar-refractivity contribution in [2.75, 3.05) is 11.8 Å². The molecule has 0 saturated heterocycles. The fourth-order valence-electron chi connectivity index (χ4n) is 1.66. The van der Waals surface area contributed by atoms with Gasteiger partial charge in [0.05, 0.1) is 23.8 Å². The van der Waals surface area contributed by atoms with Crippen molar-refractivity contribution in [2.24, 2.45) is 0 Å². The summed E-state index contributed by atoms with van der Waals surface area (Å²) < 4.78 is 31.7. The van der Waals surface area contributed by atoms with E-state index in [1.54, 1.807) is 0 Å². The highest BCUT2D eigenvalue weighted by Gasteiger charge is 2.27. The molecule has 0 aliphatic carbocycles. The number of ether oxygens (including phenoxy) is 1. The van der Waals surface area contributed by atoms with Gasteiger partial charge in [-0.15, -0.1) is 0 Å². The van der Waals surface area contributed by atoms with Crippen LogP contribution in [0.2, 0.25) is 5.15 Å². The monoisotopic (exact) mass is 343 g/mol. The van der Waals surface area contributed by atoms with Crippen LogP contribution in [0.1, 0.15) is 0 Å². The van der Waals surface area contributed by atoms with Crippen molar-refractivity contribution in [3.05, 3.63) is 51.8 Å². The number of pyridine rings is 1. The summed E-state index contributed by atoms with van der Waals surface area (Å²) in [4.78, 5) is 13.5. The quantitative estimate of drug-likeness (QED) is 0.507. The summed E-state index contributed by atoms with van der Waals surface area (Å²) in [7, 11) is -2.89. The zero-order chi connectivity index (χ0) is 16.3. The molecule has 1 aromatic carbocycles. The lowest BCUT2D eigenvalue weighted by atomic mass is 10.3. The number of nitrogens with zero attached hydrogens (tertiary/aromatic N) is 2. The van der Waals surface area contributed by atoms with Crippen LogP contribution in [0.5, 0.6) is 5.75 Å². The van der Waals surface area contributed by atoms with Crippen molar-refractivity contribution in [3.63, 3.8) is 0 Å². The Morgan fingerprint density at radius 3 is 2.68 bits per heavy atom. The Hall–Kier alpha value is -2.39. The first-order valence-corrected chi connectivity index (χ1v) is 7.67. The minimum absolute atomic E-state index is 0.0225. The molecule has 22 heavy (non-hydrogen) atoms. The molecule has 0 aliphatic rings. The Labute approximate surface area is 130 Å². The number of sulfonamides is 1. The van der Waals surface area contributed by atoms with Gasteiger partial charge in [0, 0.05) is 6.20 Å². The standard InChI is InChI=1S/C12H10ClN3O5S/c1-21-8-4-5-11(10(7-8)16(17)18)22(19,20)15-9-3-2-6-14-12(9)13/h2-7,15H,1H3. The number of nitro benzene ring substituents is 1. The third-order valence-corrected chi connectivity index (χ3v) is 4.37. The molecule has 0 spiro atoms. The van der Waals surface area contributed by atoms with E-state index in [2.05, 4.69) is 9.71 Å². The molecule has 1 aromatic heterocycles. The van der Waals surface area contributed by atoms with Crippen molar-refractivity contribution in [1.29, 1.82) is 0 Å². The zero-order valence-electron chi connectivity index (χ0n) is 11.2. The van der Waals surface area contributed by atoms with Crippen LogP contribution in [0, 0.1) is 10.1 Å². The highest BCUT2D eigenvalue weighted by molar-refractivity contribution is 7.92. The summed E-state index contributed by atoms with van der Waals surface area (Å²) in [6, 6.07) is 6.30.